The van der Waals surface area contributed by atoms with Crippen LogP contribution >= 0.6 is 11.6 Å². The average Bonchev–Trinajstić information content (AvgIpc) is 2.98. The van der Waals surface area contributed by atoms with Crippen LogP contribution in [0.2, 0.25) is 0 Å². The first-order valence-electron chi connectivity index (χ1n) is 7.99. The molecule has 1 unspecified atom stereocenters. The lowest BCUT2D eigenvalue weighted by Crippen LogP contribution is -2.66. The number of halogens is 1. The second kappa shape index (κ2) is 6.12. The van der Waals surface area contributed by atoms with E-state index in [1.54, 1.807) is 5.54 Å². The summed E-state index contributed by atoms with van der Waals surface area (Å²) in [6, 6.07) is 10.8. The summed E-state index contributed by atoms with van der Waals surface area (Å²) < 4.78 is 0. The molecule has 1 aliphatic carbocycles. The second-order valence-electron chi connectivity index (χ2n) is 6.72. The van der Waals surface area contributed by atoms with Crippen molar-refractivity contribution in [2.24, 2.45) is 0 Å². The Morgan fingerprint density at radius 1 is 1.24 bits per heavy atom. The molecule has 0 amide bonds. The summed E-state index contributed by atoms with van der Waals surface area (Å²) in [6.45, 7) is 5.38. The van der Waals surface area contributed by atoms with E-state index in [-0.39, 0.29) is 5.54 Å². The molecule has 21 heavy (non-hydrogen) atoms. The molecular weight excluding hydrogens is 280 g/mol. The highest BCUT2D eigenvalue weighted by Gasteiger charge is 2.46. The van der Waals surface area contributed by atoms with Crippen LogP contribution in [0.25, 0.3) is 0 Å². The fraction of sp³-hybridized carbons (Fsp3) is 0.556. The molecule has 1 aliphatic heterocycles. The van der Waals surface area contributed by atoms with Crippen LogP contribution in [0.15, 0.2) is 41.9 Å². The molecule has 1 N–H and O–H groups in total. The largest absolute Gasteiger partial charge is 0.308 e. The molecule has 3 rings (SSSR count). The maximum atomic E-state index is 5.79. The molecule has 114 valence electrons. The Hall–Kier alpha value is -0.830. The van der Waals surface area contributed by atoms with Gasteiger partial charge >= 0.3 is 0 Å². The van der Waals surface area contributed by atoms with Crippen LogP contribution < -0.4 is 5.32 Å². The first-order valence-corrected chi connectivity index (χ1v) is 8.43. The third-order valence-corrected chi connectivity index (χ3v) is 5.55. The summed E-state index contributed by atoms with van der Waals surface area (Å²) in [5.41, 5.74) is 3.39. The molecular formula is C18H25ClN2. The molecule has 1 aromatic carbocycles. The minimum atomic E-state index is 0.0332. The predicted octanol–water partition coefficient (Wildman–Crippen LogP) is 3.87. The molecule has 3 heteroatoms. The molecule has 0 bridgehead atoms. The number of benzene rings is 1. The monoisotopic (exact) mass is 304 g/mol. The van der Waals surface area contributed by atoms with Crippen molar-refractivity contribution in [3.05, 3.63) is 47.5 Å². The van der Waals surface area contributed by atoms with E-state index in [1.807, 2.05) is 0 Å². The van der Waals surface area contributed by atoms with Gasteiger partial charge in [0.1, 0.15) is 0 Å². The van der Waals surface area contributed by atoms with Crippen LogP contribution in [0.5, 0.6) is 0 Å². The van der Waals surface area contributed by atoms with Gasteiger partial charge in [0.2, 0.25) is 0 Å². The summed E-state index contributed by atoms with van der Waals surface area (Å²) >= 11 is 5.79. The third kappa shape index (κ3) is 2.90. The minimum Gasteiger partial charge on any atom is -0.308 e. The number of nitrogens with one attached hydrogen (secondary N) is 1. The first kappa shape index (κ1) is 15.1. The van der Waals surface area contributed by atoms with Gasteiger partial charge in [-0.3, -0.25) is 4.90 Å². The number of piperazine rings is 1. The third-order valence-electron chi connectivity index (χ3n) is 5.37. The summed E-state index contributed by atoms with van der Waals surface area (Å²) in [4.78, 5) is 2.60. The molecule has 1 heterocycles. The molecule has 1 spiro atoms. The summed E-state index contributed by atoms with van der Waals surface area (Å²) in [6.07, 6.45) is 7.39. The van der Waals surface area contributed by atoms with E-state index in [1.165, 1.54) is 31.2 Å². The van der Waals surface area contributed by atoms with Crippen molar-refractivity contribution in [3.8, 4) is 0 Å². The standard InChI is InChI=1S/C18H25ClN2/c1-17(16-8-3-2-4-9-16)14-20-18(10-5-6-11-18)15-21(17)13-7-12-19/h2-4,7-9,12,20H,5-6,10-11,13-15H2,1H3/b12-7+. The zero-order valence-corrected chi connectivity index (χ0v) is 13.6. The summed E-state index contributed by atoms with van der Waals surface area (Å²) in [5, 5.41) is 3.89. The smallest absolute Gasteiger partial charge is 0.0561 e. The zero-order valence-electron chi connectivity index (χ0n) is 12.8. The Balaban J connectivity index is 1.88. The van der Waals surface area contributed by atoms with Crippen molar-refractivity contribution >= 4 is 11.6 Å². The van der Waals surface area contributed by atoms with Crippen LogP contribution in [0.1, 0.15) is 38.2 Å². The molecule has 2 fully saturated rings. The molecule has 1 saturated carbocycles. The van der Waals surface area contributed by atoms with Gasteiger partial charge in [-0.25, -0.2) is 0 Å². The van der Waals surface area contributed by atoms with Gasteiger partial charge in [-0.2, -0.15) is 0 Å². The van der Waals surface area contributed by atoms with Crippen LogP contribution in [0.4, 0.5) is 0 Å². The topological polar surface area (TPSA) is 15.3 Å². The van der Waals surface area contributed by atoms with Gasteiger partial charge in [0.25, 0.3) is 0 Å². The maximum absolute atomic E-state index is 5.79. The Bertz CT molecular complexity index is 493. The van der Waals surface area contributed by atoms with Crippen LogP contribution in [0, 0.1) is 0 Å². The highest BCUT2D eigenvalue weighted by Crippen LogP contribution is 2.39. The number of hydrogen-bond donors (Lipinski definition) is 1. The Labute approximate surface area is 133 Å². The van der Waals surface area contributed by atoms with E-state index in [2.05, 4.69) is 53.5 Å². The van der Waals surface area contributed by atoms with Crippen molar-refractivity contribution in [2.75, 3.05) is 19.6 Å². The lowest BCUT2D eigenvalue weighted by Gasteiger charge is -2.52. The highest BCUT2D eigenvalue weighted by atomic mass is 35.5. The molecule has 0 radical (unpaired) electrons. The SMILES string of the molecule is CC1(c2ccccc2)CNC2(CCCC2)CN1C/C=C/Cl. The average molecular weight is 305 g/mol. The predicted molar refractivity (Wildman–Crippen MR) is 89.6 cm³/mol. The summed E-state index contributed by atoms with van der Waals surface area (Å²) in [7, 11) is 0. The number of rotatable bonds is 3. The lowest BCUT2D eigenvalue weighted by molar-refractivity contribution is 0.0237. The number of nitrogens with zero attached hydrogens (tertiary/aromatic N) is 1. The molecule has 1 saturated heterocycles. The first-order chi connectivity index (χ1) is 10.2. The van der Waals surface area contributed by atoms with Gasteiger partial charge in [-0.05, 0) is 25.3 Å². The quantitative estimate of drug-likeness (QED) is 0.912. The molecule has 0 aromatic heterocycles. The second-order valence-corrected chi connectivity index (χ2v) is 6.98. The lowest BCUT2D eigenvalue weighted by atomic mass is 9.82. The van der Waals surface area contributed by atoms with Crippen molar-refractivity contribution < 1.29 is 0 Å². The number of hydrogen-bond acceptors (Lipinski definition) is 2. The van der Waals surface area contributed by atoms with E-state index in [0.29, 0.717) is 5.54 Å². The van der Waals surface area contributed by atoms with E-state index >= 15 is 0 Å². The fourth-order valence-corrected chi connectivity index (χ4v) is 4.05. The Morgan fingerprint density at radius 2 is 1.95 bits per heavy atom. The molecule has 1 aromatic rings. The normalized spacial score (nSPS) is 29.4. The minimum absolute atomic E-state index is 0.0332. The van der Waals surface area contributed by atoms with Gasteiger partial charge in [-0.1, -0.05) is 60.9 Å². The van der Waals surface area contributed by atoms with E-state index < -0.39 is 0 Å². The molecule has 2 aliphatic rings. The van der Waals surface area contributed by atoms with Crippen molar-refractivity contribution in [3.63, 3.8) is 0 Å². The van der Waals surface area contributed by atoms with Gasteiger partial charge < -0.3 is 5.32 Å². The Morgan fingerprint density at radius 3 is 2.62 bits per heavy atom. The van der Waals surface area contributed by atoms with Gasteiger partial charge in [0, 0.05) is 30.7 Å². The van der Waals surface area contributed by atoms with Crippen molar-refractivity contribution in [1.82, 2.24) is 10.2 Å². The van der Waals surface area contributed by atoms with Crippen molar-refractivity contribution in [1.29, 1.82) is 0 Å². The Kier molecular flexibility index (Phi) is 4.39. The summed E-state index contributed by atoms with van der Waals surface area (Å²) in [5.74, 6) is 0. The maximum Gasteiger partial charge on any atom is 0.0561 e. The molecule has 2 nitrogen and oxygen atoms in total. The van der Waals surface area contributed by atoms with Gasteiger partial charge in [0.05, 0.1) is 5.54 Å². The van der Waals surface area contributed by atoms with Gasteiger partial charge in [0.15, 0.2) is 0 Å². The molecule has 1 atom stereocenters. The van der Waals surface area contributed by atoms with Crippen LogP contribution in [-0.4, -0.2) is 30.1 Å². The zero-order chi connectivity index (χ0) is 14.8. The van der Waals surface area contributed by atoms with Gasteiger partial charge in [-0.15, -0.1) is 0 Å². The van der Waals surface area contributed by atoms with E-state index in [0.717, 1.165) is 19.6 Å². The van der Waals surface area contributed by atoms with E-state index in [4.69, 9.17) is 11.6 Å². The van der Waals surface area contributed by atoms with Crippen molar-refractivity contribution in [2.45, 2.75) is 43.7 Å². The van der Waals surface area contributed by atoms with E-state index in [9.17, 15) is 0 Å². The van der Waals surface area contributed by atoms with Crippen LogP contribution in [-0.2, 0) is 5.54 Å². The highest BCUT2D eigenvalue weighted by molar-refractivity contribution is 6.25. The van der Waals surface area contributed by atoms with Crippen LogP contribution in [0.3, 0.4) is 0 Å². The fourth-order valence-electron chi connectivity index (χ4n) is 3.97.